The molecule has 0 unspecified atom stereocenters. The van der Waals surface area contributed by atoms with Crippen molar-refractivity contribution in [2.75, 3.05) is 46.1 Å². The number of carbonyl (C=O) groups excluding carboxylic acids is 1. The van der Waals surface area contributed by atoms with Crippen molar-refractivity contribution in [3.63, 3.8) is 0 Å². The van der Waals surface area contributed by atoms with Crippen molar-refractivity contribution in [1.29, 1.82) is 0 Å². The third kappa shape index (κ3) is 3.37. The molecule has 2 saturated heterocycles. The van der Waals surface area contributed by atoms with E-state index in [4.69, 9.17) is 15.2 Å². The molecule has 7 heteroatoms. The van der Waals surface area contributed by atoms with E-state index in [0.29, 0.717) is 50.8 Å². The summed E-state index contributed by atoms with van der Waals surface area (Å²) >= 11 is 0. The lowest BCUT2D eigenvalue weighted by Crippen LogP contribution is -2.36. The third-order valence-corrected chi connectivity index (χ3v) is 4.86. The largest absolute Gasteiger partial charge is 0.491 e. The van der Waals surface area contributed by atoms with Crippen LogP contribution in [0, 0.1) is 18.3 Å². The number of hydrogen-bond donors (Lipinski definition) is 2. The van der Waals surface area contributed by atoms with Gasteiger partial charge in [0.2, 0.25) is 0 Å². The molecule has 0 bridgehead atoms. The molecule has 2 heterocycles. The van der Waals surface area contributed by atoms with Gasteiger partial charge in [-0.05, 0) is 19.1 Å². The van der Waals surface area contributed by atoms with Gasteiger partial charge in [-0.25, -0.2) is 0 Å². The molecule has 24 heavy (non-hydrogen) atoms. The van der Waals surface area contributed by atoms with Gasteiger partial charge in [0, 0.05) is 31.0 Å². The van der Waals surface area contributed by atoms with Gasteiger partial charge in [-0.3, -0.25) is 4.79 Å². The van der Waals surface area contributed by atoms with Gasteiger partial charge in [0.15, 0.2) is 0 Å². The Labute approximate surface area is 148 Å². The van der Waals surface area contributed by atoms with E-state index in [1.54, 1.807) is 0 Å². The number of benzene rings is 1. The molecule has 2 aliphatic heterocycles. The molecule has 0 radical (unpaired) electrons. The maximum atomic E-state index is 13.0. The van der Waals surface area contributed by atoms with Gasteiger partial charge in [-0.15, -0.1) is 12.4 Å². The van der Waals surface area contributed by atoms with Crippen LogP contribution >= 0.6 is 12.4 Å². The van der Waals surface area contributed by atoms with Gasteiger partial charge in [0.25, 0.3) is 5.91 Å². The zero-order chi connectivity index (χ0) is 16.4. The highest BCUT2D eigenvalue weighted by Crippen LogP contribution is 2.41. The second-order valence-corrected chi connectivity index (χ2v) is 6.55. The van der Waals surface area contributed by atoms with E-state index >= 15 is 0 Å². The number of hydrogen-bond acceptors (Lipinski definition) is 5. The Morgan fingerprint density at radius 2 is 2.33 bits per heavy atom. The molecule has 0 spiro atoms. The van der Waals surface area contributed by atoms with E-state index in [1.165, 1.54) is 0 Å². The molecule has 3 N–H and O–H groups in total. The fourth-order valence-corrected chi connectivity index (χ4v) is 3.49. The minimum Gasteiger partial charge on any atom is -0.491 e. The number of aryl methyl sites for hydroxylation is 1. The quantitative estimate of drug-likeness (QED) is 0.816. The van der Waals surface area contributed by atoms with Crippen LogP contribution in [-0.2, 0) is 4.74 Å². The SMILES string of the molecule is Cc1ccc(OCCN)c(C(=O)N2C[C@H]3COC[C@@]3(CO)C2)c1.Cl. The topological polar surface area (TPSA) is 85.0 Å². The van der Waals surface area contributed by atoms with Crippen molar-refractivity contribution in [3.8, 4) is 5.75 Å². The Bertz CT molecular complexity index is 598. The molecule has 2 fully saturated rings. The van der Waals surface area contributed by atoms with Crippen LogP contribution in [0.15, 0.2) is 18.2 Å². The summed E-state index contributed by atoms with van der Waals surface area (Å²) < 4.78 is 11.1. The van der Waals surface area contributed by atoms with E-state index < -0.39 is 0 Å². The summed E-state index contributed by atoms with van der Waals surface area (Å²) in [6.07, 6.45) is 0. The van der Waals surface area contributed by atoms with Gasteiger partial charge in [-0.1, -0.05) is 11.6 Å². The first kappa shape index (κ1) is 19.0. The van der Waals surface area contributed by atoms with E-state index in [0.717, 1.165) is 5.56 Å². The Hall–Kier alpha value is -1.34. The minimum absolute atomic E-state index is 0. The lowest BCUT2D eigenvalue weighted by atomic mass is 9.82. The van der Waals surface area contributed by atoms with Crippen molar-refractivity contribution in [2.24, 2.45) is 17.1 Å². The molecule has 2 aliphatic rings. The number of fused-ring (bicyclic) bond motifs is 1. The molecular formula is C17H25ClN2O4. The monoisotopic (exact) mass is 356 g/mol. The number of ether oxygens (including phenoxy) is 2. The highest BCUT2D eigenvalue weighted by molar-refractivity contribution is 5.97. The van der Waals surface area contributed by atoms with Crippen LogP contribution in [0.2, 0.25) is 0 Å². The summed E-state index contributed by atoms with van der Waals surface area (Å²) in [4.78, 5) is 14.8. The summed E-state index contributed by atoms with van der Waals surface area (Å²) in [6, 6.07) is 5.59. The third-order valence-electron chi connectivity index (χ3n) is 4.86. The van der Waals surface area contributed by atoms with Crippen LogP contribution in [0.3, 0.4) is 0 Å². The van der Waals surface area contributed by atoms with E-state index in [-0.39, 0.29) is 36.3 Å². The lowest BCUT2D eigenvalue weighted by molar-refractivity contribution is 0.0628. The van der Waals surface area contributed by atoms with Crippen LogP contribution in [0.4, 0.5) is 0 Å². The van der Waals surface area contributed by atoms with Crippen molar-refractivity contribution in [2.45, 2.75) is 6.92 Å². The first-order valence-corrected chi connectivity index (χ1v) is 8.01. The zero-order valence-corrected chi connectivity index (χ0v) is 14.7. The number of rotatable bonds is 5. The number of amides is 1. The molecule has 3 rings (SSSR count). The van der Waals surface area contributed by atoms with E-state index in [9.17, 15) is 9.90 Å². The normalized spacial score (nSPS) is 25.3. The average molecular weight is 357 g/mol. The van der Waals surface area contributed by atoms with Crippen LogP contribution in [0.1, 0.15) is 15.9 Å². The lowest BCUT2D eigenvalue weighted by Gasteiger charge is -2.24. The number of halogens is 1. The number of likely N-dealkylation sites (tertiary alicyclic amines) is 1. The second-order valence-electron chi connectivity index (χ2n) is 6.55. The maximum absolute atomic E-state index is 13.0. The Morgan fingerprint density at radius 1 is 1.54 bits per heavy atom. The fourth-order valence-electron chi connectivity index (χ4n) is 3.49. The summed E-state index contributed by atoms with van der Waals surface area (Å²) in [7, 11) is 0. The molecule has 2 atom stereocenters. The second kappa shape index (κ2) is 7.70. The fraction of sp³-hybridized carbons (Fsp3) is 0.588. The first-order chi connectivity index (χ1) is 11.1. The van der Waals surface area contributed by atoms with Crippen molar-refractivity contribution in [1.82, 2.24) is 4.90 Å². The number of aliphatic hydroxyl groups excluding tert-OH is 1. The molecule has 0 aliphatic carbocycles. The number of carbonyl (C=O) groups is 1. The number of nitrogens with two attached hydrogens (primary N) is 1. The highest BCUT2D eigenvalue weighted by atomic mass is 35.5. The van der Waals surface area contributed by atoms with Crippen LogP contribution < -0.4 is 10.5 Å². The van der Waals surface area contributed by atoms with E-state index in [1.807, 2.05) is 30.0 Å². The molecule has 0 aromatic heterocycles. The van der Waals surface area contributed by atoms with Gasteiger partial charge in [-0.2, -0.15) is 0 Å². The molecular weight excluding hydrogens is 332 g/mol. The van der Waals surface area contributed by atoms with Gasteiger partial charge < -0.3 is 25.2 Å². The highest BCUT2D eigenvalue weighted by Gasteiger charge is 2.51. The Morgan fingerprint density at radius 3 is 3.00 bits per heavy atom. The molecule has 134 valence electrons. The average Bonchev–Trinajstić information content (AvgIpc) is 3.10. The summed E-state index contributed by atoms with van der Waals surface area (Å²) in [5.74, 6) is 0.718. The standard InChI is InChI=1S/C17H24N2O4.ClH/c1-12-2-3-15(23-5-4-18)14(6-12)16(21)19-7-13-8-22-11-17(13,9-19)10-20;/h2-3,6,13,20H,4-5,7-11,18H2,1H3;1H/t13-,17-;/m0./s1. The molecule has 6 nitrogen and oxygen atoms in total. The summed E-state index contributed by atoms with van der Waals surface area (Å²) in [6.45, 7) is 5.04. The number of nitrogens with zero attached hydrogens (tertiary/aromatic N) is 1. The molecule has 0 saturated carbocycles. The zero-order valence-electron chi connectivity index (χ0n) is 13.9. The summed E-state index contributed by atoms with van der Waals surface area (Å²) in [5, 5.41) is 9.76. The predicted molar refractivity (Wildman–Crippen MR) is 92.7 cm³/mol. The van der Waals surface area contributed by atoms with Gasteiger partial charge >= 0.3 is 0 Å². The smallest absolute Gasteiger partial charge is 0.257 e. The maximum Gasteiger partial charge on any atom is 0.257 e. The van der Waals surface area contributed by atoms with Crippen LogP contribution in [0.5, 0.6) is 5.75 Å². The Balaban J connectivity index is 0.00000208. The predicted octanol–water partition coefficient (Wildman–Crippen LogP) is 0.835. The van der Waals surface area contributed by atoms with Gasteiger partial charge in [0.05, 0.1) is 25.4 Å². The van der Waals surface area contributed by atoms with Crippen molar-refractivity contribution < 1.29 is 19.4 Å². The van der Waals surface area contributed by atoms with Crippen LogP contribution in [0.25, 0.3) is 0 Å². The van der Waals surface area contributed by atoms with Crippen LogP contribution in [-0.4, -0.2) is 62.0 Å². The molecule has 1 aromatic rings. The Kier molecular flexibility index (Phi) is 6.09. The molecule has 1 amide bonds. The van der Waals surface area contributed by atoms with Crippen molar-refractivity contribution in [3.05, 3.63) is 29.3 Å². The minimum atomic E-state index is -0.308. The van der Waals surface area contributed by atoms with E-state index in [2.05, 4.69) is 0 Å². The first-order valence-electron chi connectivity index (χ1n) is 8.01. The molecule has 1 aromatic carbocycles. The van der Waals surface area contributed by atoms with Crippen molar-refractivity contribution >= 4 is 18.3 Å². The summed E-state index contributed by atoms with van der Waals surface area (Å²) in [5.41, 5.74) is 6.75. The number of aliphatic hydroxyl groups is 1. The van der Waals surface area contributed by atoms with Gasteiger partial charge in [0.1, 0.15) is 12.4 Å².